The summed E-state index contributed by atoms with van der Waals surface area (Å²) in [4.78, 5) is 12.9. The SMILES string of the molecule is CCCN1CCC(CC(N)C(=O)O)C1. The summed E-state index contributed by atoms with van der Waals surface area (Å²) in [6, 6.07) is -0.679. The molecule has 0 aromatic heterocycles. The average Bonchev–Trinajstić information content (AvgIpc) is 2.53. The first-order chi connectivity index (χ1) is 6.63. The first kappa shape index (κ1) is 11.5. The van der Waals surface area contributed by atoms with E-state index in [2.05, 4.69) is 11.8 Å². The summed E-state index contributed by atoms with van der Waals surface area (Å²) in [5.74, 6) is -0.397. The molecule has 2 unspecified atom stereocenters. The van der Waals surface area contributed by atoms with E-state index in [0.717, 1.165) is 32.5 Å². The number of nitrogens with two attached hydrogens (primary N) is 1. The molecular weight excluding hydrogens is 180 g/mol. The molecule has 2 atom stereocenters. The molecule has 1 fully saturated rings. The third-order valence-electron chi connectivity index (χ3n) is 2.81. The van der Waals surface area contributed by atoms with Gasteiger partial charge >= 0.3 is 5.97 Å². The van der Waals surface area contributed by atoms with Crippen LogP contribution in [-0.2, 0) is 4.79 Å². The molecule has 4 heteroatoms. The van der Waals surface area contributed by atoms with Crippen LogP contribution in [0.5, 0.6) is 0 Å². The number of likely N-dealkylation sites (tertiary alicyclic amines) is 1. The predicted molar refractivity (Wildman–Crippen MR) is 55.1 cm³/mol. The van der Waals surface area contributed by atoms with Crippen LogP contribution >= 0.6 is 0 Å². The number of nitrogens with zero attached hydrogens (tertiary/aromatic N) is 1. The molecule has 0 aromatic carbocycles. The summed E-state index contributed by atoms with van der Waals surface area (Å²) < 4.78 is 0. The zero-order chi connectivity index (χ0) is 10.6. The van der Waals surface area contributed by atoms with Gasteiger partial charge in [0, 0.05) is 6.54 Å². The molecule has 1 saturated heterocycles. The van der Waals surface area contributed by atoms with E-state index in [9.17, 15) is 4.79 Å². The highest BCUT2D eigenvalue weighted by Crippen LogP contribution is 2.20. The molecule has 0 spiro atoms. The van der Waals surface area contributed by atoms with Crippen LogP contribution in [0.25, 0.3) is 0 Å². The molecular formula is C10H20N2O2. The van der Waals surface area contributed by atoms with Crippen molar-refractivity contribution in [3.63, 3.8) is 0 Å². The minimum absolute atomic E-state index is 0.479. The fraction of sp³-hybridized carbons (Fsp3) is 0.900. The number of carboxylic acids is 1. The number of carbonyl (C=O) groups is 1. The van der Waals surface area contributed by atoms with Crippen LogP contribution < -0.4 is 5.73 Å². The van der Waals surface area contributed by atoms with Crippen LogP contribution in [0.3, 0.4) is 0 Å². The lowest BCUT2D eigenvalue weighted by Gasteiger charge is -2.15. The second-order valence-electron chi connectivity index (χ2n) is 4.14. The van der Waals surface area contributed by atoms with Crippen LogP contribution in [0.15, 0.2) is 0 Å². The first-order valence-corrected chi connectivity index (χ1v) is 5.34. The quantitative estimate of drug-likeness (QED) is 0.679. The van der Waals surface area contributed by atoms with Crippen molar-refractivity contribution in [2.75, 3.05) is 19.6 Å². The second-order valence-corrected chi connectivity index (χ2v) is 4.14. The number of carboxylic acid groups (broad SMARTS) is 1. The van der Waals surface area contributed by atoms with Crippen molar-refractivity contribution in [2.45, 2.75) is 32.2 Å². The molecule has 0 amide bonds. The van der Waals surface area contributed by atoms with Crippen molar-refractivity contribution in [3.05, 3.63) is 0 Å². The summed E-state index contributed by atoms with van der Waals surface area (Å²) in [6.07, 6.45) is 2.88. The standard InChI is InChI=1S/C10H20N2O2/c1-2-4-12-5-3-8(7-12)6-9(11)10(13)14/h8-9H,2-7,11H2,1H3,(H,13,14). The van der Waals surface area contributed by atoms with E-state index in [-0.39, 0.29) is 0 Å². The molecule has 82 valence electrons. The zero-order valence-electron chi connectivity index (χ0n) is 8.78. The van der Waals surface area contributed by atoms with Gasteiger partial charge in [-0.1, -0.05) is 6.92 Å². The molecule has 0 saturated carbocycles. The summed E-state index contributed by atoms with van der Waals surface area (Å²) in [6.45, 7) is 5.41. The monoisotopic (exact) mass is 200 g/mol. The second kappa shape index (κ2) is 5.32. The van der Waals surface area contributed by atoms with Gasteiger partial charge in [-0.15, -0.1) is 0 Å². The maximum absolute atomic E-state index is 10.6. The molecule has 1 heterocycles. The van der Waals surface area contributed by atoms with E-state index in [1.165, 1.54) is 0 Å². The van der Waals surface area contributed by atoms with E-state index in [1.54, 1.807) is 0 Å². The van der Waals surface area contributed by atoms with Gasteiger partial charge < -0.3 is 15.7 Å². The maximum Gasteiger partial charge on any atom is 0.320 e. The third-order valence-corrected chi connectivity index (χ3v) is 2.81. The van der Waals surface area contributed by atoms with Crippen molar-refractivity contribution >= 4 is 5.97 Å². The predicted octanol–water partition coefficient (Wildman–Crippen LogP) is 0.520. The zero-order valence-corrected chi connectivity index (χ0v) is 8.78. The minimum Gasteiger partial charge on any atom is -0.480 e. The lowest BCUT2D eigenvalue weighted by Crippen LogP contribution is -2.33. The normalized spacial score (nSPS) is 25.1. The highest BCUT2D eigenvalue weighted by molar-refractivity contribution is 5.73. The average molecular weight is 200 g/mol. The summed E-state index contributed by atoms with van der Waals surface area (Å²) >= 11 is 0. The topological polar surface area (TPSA) is 66.6 Å². The summed E-state index contributed by atoms with van der Waals surface area (Å²) in [5, 5.41) is 8.67. The van der Waals surface area contributed by atoms with Crippen LogP contribution in [-0.4, -0.2) is 41.7 Å². The third kappa shape index (κ3) is 3.27. The van der Waals surface area contributed by atoms with Gasteiger partial charge in [0.1, 0.15) is 6.04 Å². The Hall–Kier alpha value is -0.610. The van der Waals surface area contributed by atoms with Crippen molar-refractivity contribution < 1.29 is 9.90 Å². The molecule has 0 aromatic rings. The molecule has 0 bridgehead atoms. The van der Waals surface area contributed by atoms with Gasteiger partial charge in [-0.3, -0.25) is 4.79 Å². The maximum atomic E-state index is 10.6. The van der Waals surface area contributed by atoms with Crippen molar-refractivity contribution in [3.8, 4) is 0 Å². The Morgan fingerprint density at radius 1 is 1.71 bits per heavy atom. The smallest absolute Gasteiger partial charge is 0.320 e. The van der Waals surface area contributed by atoms with Crippen LogP contribution in [0.2, 0.25) is 0 Å². The van der Waals surface area contributed by atoms with Crippen molar-refractivity contribution in [2.24, 2.45) is 11.7 Å². The molecule has 3 N–H and O–H groups in total. The van der Waals surface area contributed by atoms with E-state index in [0.29, 0.717) is 12.3 Å². The van der Waals surface area contributed by atoms with Gasteiger partial charge in [0.2, 0.25) is 0 Å². The lowest BCUT2D eigenvalue weighted by molar-refractivity contribution is -0.138. The van der Waals surface area contributed by atoms with Crippen LogP contribution in [0.1, 0.15) is 26.2 Å². The Kier molecular flexibility index (Phi) is 4.35. The Morgan fingerprint density at radius 2 is 2.43 bits per heavy atom. The van der Waals surface area contributed by atoms with E-state index >= 15 is 0 Å². The number of aliphatic carboxylic acids is 1. The fourth-order valence-corrected chi connectivity index (χ4v) is 2.08. The van der Waals surface area contributed by atoms with Gasteiger partial charge in [-0.05, 0) is 38.3 Å². The largest absolute Gasteiger partial charge is 0.480 e. The first-order valence-electron chi connectivity index (χ1n) is 5.34. The molecule has 0 radical (unpaired) electrons. The van der Waals surface area contributed by atoms with Gasteiger partial charge in [-0.2, -0.15) is 0 Å². The van der Waals surface area contributed by atoms with E-state index in [4.69, 9.17) is 10.8 Å². The summed E-state index contributed by atoms with van der Waals surface area (Å²) in [7, 11) is 0. The number of rotatable bonds is 5. The highest BCUT2D eigenvalue weighted by atomic mass is 16.4. The van der Waals surface area contributed by atoms with Gasteiger partial charge in [0.15, 0.2) is 0 Å². The Balaban J connectivity index is 2.25. The molecule has 0 aliphatic carbocycles. The summed E-state index contributed by atoms with van der Waals surface area (Å²) in [5.41, 5.74) is 5.50. The molecule has 1 aliphatic heterocycles. The van der Waals surface area contributed by atoms with Crippen molar-refractivity contribution in [1.82, 2.24) is 4.90 Å². The molecule has 1 aliphatic rings. The fourth-order valence-electron chi connectivity index (χ4n) is 2.08. The Morgan fingerprint density at radius 3 is 3.00 bits per heavy atom. The number of hydrogen-bond donors (Lipinski definition) is 2. The Bertz CT molecular complexity index is 197. The molecule has 4 nitrogen and oxygen atoms in total. The molecule has 1 rings (SSSR count). The number of hydrogen-bond acceptors (Lipinski definition) is 3. The minimum atomic E-state index is -0.876. The van der Waals surface area contributed by atoms with Gasteiger partial charge in [0.05, 0.1) is 0 Å². The van der Waals surface area contributed by atoms with Crippen LogP contribution in [0, 0.1) is 5.92 Å². The van der Waals surface area contributed by atoms with Gasteiger partial charge in [-0.25, -0.2) is 0 Å². The van der Waals surface area contributed by atoms with Crippen molar-refractivity contribution in [1.29, 1.82) is 0 Å². The lowest BCUT2D eigenvalue weighted by atomic mass is 10.00. The molecule has 14 heavy (non-hydrogen) atoms. The van der Waals surface area contributed by atoms with E-state index in [1.807, 2.05) is 0 Å². The van der Waals surface area contributed by atoms with Gasteiger partial charge in [0.25, 0.3) is 0 Å². The Labute approximate surface area is 85.1 Å². The van der Waals surface area contributed by atoms with Crippen LogP contribution in [0.4, 0.5) is 0 Å². The van der Waals surface area contributed by atoms with E-state index < -0.39 is 12.0 Å². The highest BCUT2D eigenvalue weighted by Gasteiger charge is 2.25.